The minimum absolute atomic E-state index is 0.278. The summed E-state index contributed by atoms with van der Waals surface area (Å²) in [4.78, 5) is 26.1. The van der Waals surface area contributed by atoms with E-state index >= 15 is 0 Å². The van der Waals surface area contributed by atoms with E-state index in [0.717, 1.165) is 73.7 Å². The maximum absolute atomic E-state index is 12.4. The number of aryl methyl sites for hydroxylation is 1. The van der Waals surface area contributed by atoms with Crippen molar-refractivity contribution in [2.45, 2.75) is 12.5 Å². The van der Waals surface area contributed by atoms with Crippen molar-refractivity contribution in [3.05, 3.63) is 61.6 Å². The van der Waals surface area contributed by atoms with Crippen LogP contribution in [0.5, 0.6) is 5.75 Å². The molecule has 2 fully saturated rings. The molecule has 0 spiro atoms. The summed E-state index contributed by atoms with van der Waals surface area (Å²) in [5, 5.41) is 11.7. The van der Waals surface area contributed by atoms with Crippen molar-refractivity contribution >= 4 is 39.7 Å². The first kappa shape index (κ1) is 26.7. The van der Waals surface area contributed by atoms with Gasteiger partial charge in [-0.1, -0.05) is 12.6 Å². The predicted octanol–water partition coefficient (Wildman–Crippen LogP) is 3.82. The average molecular weight is 555 g/mol. The highest BCUT2D eigenvalue weighted by Gasteiger charge is 2.28. The number of ether oxygens (including phenoxy) is 2. The van der Waals surface area contributed by atoms with Gasteiger partial charge in [0.15, 0.2) is 0 Å². The molecule has 0 saturated carbocycles. The molecule has 11 heteroatoms. The van der Waals surface area contributed by atoms with Crippen molar-refractivity contribution < 1.29 is 14.3 Å². The quantitative estimate of drug-likeness (QED) is 0.314. The van der Waals surface area contributed by atoms with Crippen molar-refractivity contribution in [3.8, 4) is 17.0 Å². The minimum Gasteiger partial charge on any atom is -0.494 e. The summed E-state index contributed by atoms with van der Waals surface area (Å²) in [6.07, 6.45) is 5.72. The van der Waals surface area contributed by atoms with Crippen molar-refractivity contribution in [2.24, 2.45) is 7.05 Å². The average Bonchev–Trinajstić information content (AvgIpc) is 3.68. The van der Waals surface area contributed by atoms with Crippen LogP contribution in [-0.2, 0) is 16.6 Å². The van der Waals surface area contributed by atoms with E-state index in [0.29, 0.717) is 29.0 Å². The van der Waals surface area contributed by atoms with Crippen molar-refractivity contribution in [3.63, 3.8) is 0 Å². The lowest BCUT2D eigenvalue weighted by atomic mass is 10.1. The molecule has 11 nitrogen and oxygen atoms in total. The van der Waals surface area contributed by atoms with E-state index in [-0.39, 0.29) is 5.91 Å². The number of aromatic nitrogens is 4. The van der Waals surface area contributed by atoms with E-state index in [2.05, 4.69) is 48.1 Å². The molecule has 4 aromatic rings. The molecule has 2 aliphatic rings. The predicted molar refractivity (Wildman–Crippen MR) is 160 cm³/mol. The van der Waals surface area contributed by atoms with E-state index < -0.39 is 0 Å². The number of anilines is 4. The summed E-state index contributed by atoms with van der Waals surface area (Å²) < 4.78 is 13.2. The van der Waals surface area contributed by atoms with E-state index in [1.807, 2.05) is 48.3 Å². The van der Waals surface area contributed by atoms with Gasteiger partial charge < -0.3 is 25.0 Å². The summed E-state index contributed by atoms with van der Waals surface area (Å²) in [6.45, 7) is 8.79. The fraction of sp³-hybridized carbons (Fsp3) is 0.333. The van der Waals surface area contributed by atoms with E-state index in [9.17, 15) is 4.79 Å². The van der Waals surface area contributed by atoms with Crippen molar-refractivity contribution in [1.29, 1.82) is 0 Å². The lowest BCUT2D eigenvalue weighted by molar-refractivity contribution is -0.111. The molecular formula is C30H34N8O3. The molecule has 2 N–H and O–H groups in total. The Morgan fingerprint density at radius 3 is 2.73 bits per heavy atom. The van der Waals surface area contributed by atoms with Crippen LogP contribution in [0, 0.1) is 0 Å². The monoisotopic (exact) mass is 554 g/mol. The summed E-state index contributed by atoms with van der Waals surface area (Å²) in [6, 6.07) is 12.3. The van der Waals surface area contributed by atoms with Gasteiger partial charge in [-0.3, -0.25) is 14.4 Å². The third kappa shape index (κ3) is 5.59. The Hall–Kier alpha value is -4.48. The number of hydrogen-bond acceptors (Lipinski definition) is 9. The number of carbonyl (C=O) groups excluding carboxylic acids is 1. The first-order chi connectivity index (χ1) is 20.0. The molecule has 2 aromatic carbocycles. The molecule has 1 amide bonds. The van der Waals surface area contributed by atoms with Crippen LogP contribution in [0.3, 0.4) is 0 Å². The van der Waals surface area contributed by atoms with Gasteiger partial charge in [-0.2, -0.15) is 5.10 Å². The molecule has 0 aliphatic carbocycles. The molecule has 41 heavy (non-hydrogen) atoms. The van der Waals surface area contributed by atoms with Crippen molar-refractivity contribution in [2.75, 3.05) is 62.0 Å². The third-order valence-corrected chi connectivity index (χ3v) is 7.81. The van der Waals surface area contributed by atoms with Crippen LogP contribution < -0.4 is 20.3 Å². The smallest absolute Gasteiger partial charge is 0.247 e. The number of carbonyl (C=O) groups is 1. The highest BCUT2D eigenvalue weighted by atomic mass is 16.5. The Kier molecular flexibility index (Phi) is 7.53. The van der Waals surface area contributed by atoms with Crippen LogP contribution in [0.2, 0.25) is 0 Å². The Bertz CT molecular complexity index is 1570. The topological polar surface area (TPSA) is 110 Å². The van der Waals surface area contributed by atoms with Crippen LogP contribution in [-0.4, -0.2) is 83.1 Å². The van der Waals surface area contributed by atoms with Gasteiger partial charge >= 0.3 is 0 Å². The van der Waals surface area contributed by atoms with E-state index in [4.69, 9.17) is 9.47 Å². The number of hydrogen-bond donors (Lipinski definition) is 2. The first-order valence-electron chi connectivity index (χ1n) is 13.8. The van der Waals surface area contributed by atoms with Crippen molar-refractivity contribution in [1.82, 2.24) is 24.6 Å². The molecule has 1 atom stereocenters. The lowest BCUT2D eigenvalue weighted by Crippen LogP contribution is -2.50. The summed E-state index contributed by atoms with van der Waals surface area (Å²) in [5.41, 5.74) is 5.03. The highest BCUT2D eigenvalue weighted by molar-refractivity contribution is 6.02. The molecule has 2 saturated heterocycles. The number of piperazine rings is 1. The number of fused-ring (bicyclic) bond motifs is 1. The molecule has 2 aliphatic heterocycles. The SMILES string of the molecule is C=CC(=O)Nc1cc(Nc2cc(-c3ccc4c(cnn4C)c3)ncn2)c(OC)cc1N1CCN(C2CCOC2)CC1. The van der Waals surface area contributed by atoms with Gasteiger partial charge in [-0.25, -0.2) is 9.97 Å². The normalized spacial score (nSPS) is 17.5. The number of rotatable bonds is 8. The second-order valence-electron chi connectivity index (χ2n) is 10.3. The zero-order valence-corrected chi connectivity index (χ0v) is 23.3. The number of nitrogens with zero attached hydrogens (tertiary/aromatic N) is 6. The highest BCUT2D eigenvalue weighted by Crippen LogP contribution is 2.39. The van der Waals surface area contributed by atoms with Gasteiger partial charge in [0.05, 0.1) is 48.2 Å². The molecule has 6 rings (SSSR count). The van der Waals surface area contributed by atoms with Gasteiger partial charge in [-0.05, 0) is 30.7 Å². The zero-order chi connectivity index (χ0) is 28.3. The van der Waals surface area contributed by atoms with Crippen LogP contribution in [0.1, 0.15) is 6.42 Å². The Balaban J connectivity index is 1.27. The van der Waals surface area contributed by atoms with Crippen LogP contribution in [0.4, 0.5) is 22.9 Å². The maximum atomic E-state index is 12.4. The fourth-order valence-electron chi connectivity index (χ4n) is 5.56. The van der Waals surface area contributed by atoms with Gasteiger partial charge in [0.25, 0.3) is 0 Å². The molecular weight excluding hydrogens is 520 g/mol. The van der Waals surface area contributed by atoms with Crippen LogP contribution in [0.25, 0.3) is 22.2 Å². The van der Waals surface area contributed by atoms with Crippen LogP contribution >= 0.6 is 0 Å². The first-order valence-corrected chi connectivity index (χ1v) is 13.8. The van der Waals surface area contributed by atoms with Gasteiger partial charge in [0.1, 0.15) is 17.9 Å². The van der Waals surface area contributed by atoms with Crippen LogP contribution in [0.15, 0.2) is 61.6 Å². The third-order valence-electron chi connectivity index (χ3n) is 7.81. The van der Waals surface area contributed by atoms with Gasteiger partial charge in [-0.15, -0.1) is 0 Å². The largest absolute Gasteiger partial charge is 0.494 e. The Labute approximate surface area is 238 Å². The number of nitrogens with one attached hydrogen (secondary N) is 2. The Morgan fingerprint density at radius 1 is 1.12 bits per heavy atom. The molecule has 212 valence electrons. The maximum Gasteiger partial charge on any atom is 0.247 e. The second kappa shape index (κ2) is 11.6. The molecule has 2 aromatic heterocycles. The van der Waals surface area contributed by atoms with E-state index in [1.165, 1.54) is 12.4 Å². The van der Waals surface area contributed by atoms with Gasteiger partial charge in [0, 0.05) is 69.0 Å². The Morgan fingerprint density at radius 2 is 1.98 bits per heavy atom. The number of amides is 1. The number of methoxy groups -OCH3 is 1. The summed E-state index contributed by atoms with van der Waals surface area (Å²) in [7, 11) is 3.56. The molecule has 4 heterocycles. The van der Waals surface area contributed by atoms with Gasteiger partial charge in [0.2, 0.25) is 5.91 Å². The molecule has 0 radical (unpaired) electrons. The molecule has 0 bridgehead atoms. The second-order valence-corrected chi connectivity index (χ2v) is 10.3. The van der Waals surface area contributed by atoms with E-state index in [1.54, 1.807) is 7.11 Å². The minimum atomic E-state index is -0.278. The number of benzene rings is 2. The zero-order valence-electron chi connectivity index (χ0n) is 23.3. The fourth-order valence-corrected chi connectivity index (χ4v) is 5.56. The lowest BCUT2D eigenvalue weighted by Gasteiger charge is -2.39. The molecule has 1 unspecified atom stereocenters. The standard InChI is InChI=1S/C30H34N8O3/c1-4-30(39)35-24-14-25(28(40-3)16-27(24)38-10-8-37(9-11-38)22-7-12-41-18-22)34-29-15-23(31-19-32-29)20-5-6-26-21(13-20)17-33-36(26)2/h4-6,13-17,19,22H,1,7-12,18H2,2-3H3,(H,35,39)(H,31,32,34). The summed E-state index contributed by atoms with van der Waals surface area (Å²) >= 11 is 0. The summed E-state index contributed by atoms with van der Waals surface area (Å²) in [5.74, 6) is 0.958.